The lowest BCUT2D eigenvalue weighted by atomic mass is 10.1. The number of rotatable bonds is 6. The molecule has 15 heteroatoms. The lowest BCUT2D eigenvalue weighted by Gasteiger charge is -2.41. The number of alkyl halides is 3. The maximum Gasteiger partial charge on any atom is 0.451 e. The Morgan fingerprint density at radius 2 is 1.84 bits per heavy atom. The summed E-state index contributed by atoms with van der Waals surface area (Å²) in [6.07, 6.45) is -2.28. The van der Waals surface area contributed by atoms with Crippen LogP contribution in [0, 0.1) is 0 Å². The number of Topliss-reactive ketones (excluding diaryl/α,β-unsaturated/α-hetero) is 1. The third kappa shape index (κ3) is 4.96. The Bertz CT molecular complexity index is 1280. The number of anilines is 1. The minimum atomic E-state index is -4.68. The van der Waals surface area contributed by atoms with Crippen LogP contribution in [0.15, 0.2) is 35.6 Å². The highest BCUT2D eigenvalue weighted by Gasteiger charge is 2.51. The van der Waals surface area contributed by atoms with E-state index >= 15 is 0 Å². The van der Waals surface area contributed by atoms with Crippen molar-refractivity contribution in [2.45, 2.75) is 38.3 Å². The van der Waals surface area contributed by atoms with Gasteiger partial charge >= 0.3 is 12.2 Å². The summed E-state index contributed by atoms with van der Waals surface area (Å²) in [7, 11) is 1.45. The van der Waals surface area contributed by atoms with Crippen LogP contribution < -0.4 is 5.32 Å². The Kier molecular flexibility index (Phi) is 6.62. The molecule has 0 saturated carbocycles. The standard InChI is InChI=1S/C22H21F3N8O4/c1-11(34)9-32-19(36)16-17(31(3)21(32)37)28-10-33(16)12(2)18(35)30-15-6-4-5-14(29-15)13-7-26-20(27-8-13)22(23,24)25/h4-8,10,12,16-17H,9H2,1-3H3,(H,29,30,35)/t12-,16?,17?/m0/s1. The zero-order chi connectivity index (χ0) is 27.1. The Morgan fingerprint density at radius 3 is 2.46 bits per heavy atom. The van der Waals surface area contributed by atoms with Crippen molar-refractivity contribution in [3.8, 4) is 11.3 Å². The number of pyridine rings is 1. The first-order chi connectivity index (χ1) is 17.4. The molecule has 194 valence electrons. The second-order valence-corrected chi connectivity index (χ2v) is 8.46. The molecule has 0 aliphatic carbocycles. The molecule has 1 N–H and O–H groups in total. The highest BCUT2D eigenvalue weighted by molar-refractivity contribution is 6.05. The zero-order valence-electron chi connectivity index (χ0n) is 19.8. The predicted octanol–water partition coefficient (Wildman–Crippen LogP) is 1.41. The topological polar surface area (TPSA) is 141 Å². The monoisotopic (exact) mass is 518 g/mol. The number of aliphatic imine (C=N–C) groups is 1. The molecule has 2 unspecified atom stereocenters. The number of aromatic nitrogens is 3. The number of ketones is 1. The molecule has 4 amide bonds. The Balaban J connectivity index is 1.49. The van der Waals surface area contributed by atoms with Crippen LogP contribution in [-0.4, -0.2) is 91.5 Å². The second kappa shape index (κ2) is 9.55. The first-order valence-electron chi connectivity index (χ1n) is 10.9. The Labute approximate surface area is 208 Å². The van der Waals surface area contributed by atoms with Gasteiger partial charge in [0.1, 0.15) is 17.6 Å². The number of fused-ring (bicyclic) bond motifs is 1. The number of carbonyl (C=O) groups excluding carboxylic acids is 4. The number of urea groups is 1. The summed E-state index contributed by atoms with van der Waals surface area (Å²) >= 11 is 0. The minimum absolute atomic E-state index is 0.0995. The average Bonchev–Trinajstić information content (AvgIpc) is 3.30. The molecule has 0 radical (unpaired) electrons. The molecule has 12 nitrogen and oxygen atoms in total. The van der Waals surface area contributed by atoms with Crippen molar-refractivity contribution in [2.75, 3.05) is 18.9 Å². The van der Waals surface area contributed by atoms with Crippen molar-refractivity contribution in [3.05, 3.63) is 36.4 Å². The number of imide groups is 1. The highest BCUT2D eigenvalue weighted by Crippen LogP contribution is 2.28. The number of carbonyl (C=O) groups is 4. The van der Waals surface area contributed by atoms with Gasteiger partial charge < -0.3 is 15.1 Å². The molecule has 2 aromatic rings. The van der Waals surface area contributed by atoms with E-state index in [1.54, 1.807) is 6.07 Å². The maximum atomic E-state index is 13.1. The van der Waals surface area contributed by atoms with Crippen LogP contribution in [0.4, 0.5) is 23.8 Å². The quantitative estimate of drug-likeness (QED) is 0.605. The van der Waals surface area contributed by atoms with Gasteiger partial charge in [-0.1, -0.05) is 6.07 Å². The van der Waals surface area contributed by atoms with Crippen LogP contribution in [0.1, 0.15) is 19.7 Å². The van der Waals surface area contributed by atoms with Crippen LogP contribution in [-0.2, 0) is 20.6 Å². The number of halogens is 3. The van der Waals surface area contributed by atoms with Crippen LogP contribution >= 0.6 is 0 Å². The lowest BCUT2D eigenvalue weighted by molar-refractivity contribution is -0.145. The third-order valence-electron chi connectivity index (χ3n) is 5.81. The van der Waals surface area contributed by atoms with E-state index in [-0.39, 0.29) is 22.9 Å². The van der Waals surface area contributed by atoms with E-state index in [1.807, 2.05) is 0 Å². The molecule has 3 atom stereocenters. The second-order valence-electron chi connectivity index (χ2n) is 8.46. The fourth-order valence-electron chi connectivity index (χ4n) is 3.92. The van der Waals surface area contributed by atoms with E-state index in [4.69, 9.17) is 0 Å². The number of hydrogen-bond acceptors (Lipinski definition) is 9. The van der Waals surface area contributed by atoms with Gasteiger partial charge in [0.05, 0.1) is 18.6 Å². The molecule has 0 spiro atoms. The predicted molar refractivity (Wildman–Crippen MR) is 122 cm³/mol. The smallest absolute Gasteiger partial charge is 0.335 e. The third-order valence-corrected chi connectivity index (χ3v) is 5.81. The van der Waals surface area contributed by atoms with Crippen molar-refractivity contribution in [3.63, 3.8) is 0 Å². The van der Waals surface area contributed by atoms with Gasteiger partial charge in [-0.2, -0.15) is 13.2 Å². The van der Waals surface area contributed by atoms with Gasteiger partial charge in [0, 0.05) is 25.0 Å². The van der Waals surface area contributed by atoms with Gasteiger partial charge in [0.25, 0.3) is 5.91 Å². The van der Waals surface area contributed by atoms with Gasteiger partial charge in [-0.05, 0) is 26.0 Å². The number of amides is 4. The molecule has 0 aromatic carbocycles. The molecular formula is C22H21F3N8O4. The van der Waals surface area contributed by atoms with Gasteiger partial charge in [-0.15, -0.1) is 0 Å². The van der Waals surface area contributed by atoms with Gasteiger partial charge in [-0.25, -0.2) is 24.7 Å². The summed E-state index contributed by atoms with van der Waals surface area (Å²) in [6.45, 7) is 2.38. The van der Waals surface area contributed by atoms with Crippen LogP contribution in [0.2, 0.25) is 0 Å². The van der Waals surface area contributed by atoms with E-state index in [2.05, 4.69) is 25.3 Å². The minimum Gasteiger partial charge on any atom is -0.335 e. The molecule has 2 aliphatic rings. The van der Waals surface area contributed by atoms with Gasteiger partial charge in [0.15, 0.2) is 12.2 Å². The summed E-state index contributed by atoms with van der Waals surface area (Å²) in [6, 6.07) is 1.92. The molecule has 2 aromatic heterocycles. The SMILES string of the molecule is CC(=O)CN1C(=O)C2C(N=CN2[C@@H](C)C(=O)Nc2cccc(-c3cnc(C(F)(F)F)nc3)n2)N(C)C1=O. The summed E-state index contributed by atoms with van der Waals surface area (Å²) in [5.74, 6) is -2.78. The largest absolute Gasteiger partial charge is 0.451 e. The zero-order valence-corrected chi connectivity index (χ0v) is 19.8. The number of hydrogen-bond donors (Lipinski definition) is 1. The number of nitrogens with zero attached hydrogens (tertiary/aromatic N) is 7. The summed E-state index contributed by atoms with van der Waals surface area (Å²) in [5.41, 5.74) is 0.433. The van der Waals surface area contributed by atoms with Crippen molar-refractivity contribution in [2.24, 2.45) is 4.99 Å². The molecule has 1 saturated heterocycles. The maximum absolute atomic E-state index is 13.1. The van der Waals surface area contributed by atoms with Crippen LogP contribution in [0.5, 0.6) is 0 Å². The molecule has 0 bridgehead atoms. The summed E-state index contributed by atoms with van der Waals surface area (Å²) < 4.78 is 38.2. The van der Waals surface area contributed by atoms with Crippen molar-refractivity contribution >= 4 is 35.8 Å². The molecule has 4 rings (SSSR count). The Hall–Kier alpha value is -4.43. The fraction of sp³-hybridized carbons (Fsp3) is 0.364. The van der Waals surface area contributed by atoms with Crippen LogP contribution in [0.25, 0.3) is 11.3 Å². The van der Waals surface area contributed by atoms with E-state index < -0.39 is 54.6 Å². The van der Waals surface area contributed by atoms with E-state index in [0.717, 1.165) is 17.3 Å². The highest BCUT2D eigenvalue weighted by atomic mass is 19.4. The molecule has 2 aliphatic heterocycles. The number of nitrogens with one attached hydrogen (secondary N) is 1. The van der Waals surface area contributed by atoms with E-state index in [0.29, 0.717) is 0 Å². The average molecular weight is 518 g/mol. The number of likely N-dealkylation sites (N-methyl/N-ethyl adjacent to an activating group) is 1. The van der Waals surface area contributed by atoms with E-state index in [9.17, 15) is 32.3 Å². The van der Waals surface area contributed by atoms with Crippen molar-refractivity contribution < 1.29 is 32.3 Å². The van der Waals surface area contributed by atoms with Gasteiger partial charge in [-0.3, -0.25) is 19.3 Å². The van der Waals surface area contributed by atoms with Crippen molar-refractivity contribution in [1.29, 1.82) is 0 Å². The molecule has 1 fully saturated rings. The molecular weight excluding hydrogens is 497 g/mol. The van der Waals surface area contributed by atoms with Crippen molar-refractivity contribution in [1.82, 2.24) is 29.7 Å². The Morgan fingerprint density at radius 1 is 1.16 bits per heavy atom. The normalized spacial score (nSPS) is 20.2. The molecule has 4 heterocycles. The first kappa shape index (κ1) is 25.7. The summed E-state index contributed by atoms with van der Waals surface area (Å²) in [5, 5.41) is 2.60. The van der Waals surface area contributed by atoms with Crippen LogP contribution in [0.3, 0.4) is 0 Å². The van der Waals surface area contributed by atoms with Gasteiger partial charge in [0.2, 0.25) is 11.7 Å². The fourth-order valence-corrected chi connectivity index (χ4v) is 3.92. The first-order valence-corrected chi connectivity index (χ1v) is 10.9. The lowest BCUT2D eigenvalue weighted by Crippen LogP contribution is -2.66. The molecule has 37 heavy (non-hydrogen) atoms. The summed E-state index contributed by atoms with van der Waals surface area (Å²) in [4.78, 5) is 68.7. The van der Waals surface area contributed by atoms with E-state index in [1.165, 1.54) is 49.2 Å².